The molecule has 1 fully saturated rings. The van der Waals surface area contributed by atoms with Crippen LogP contribution in [0.3, 0.4) is 0 Å². The molecular formula is C14H16ClNO2S. The summed E-state index contributed by atoms with van der Waals surface area (Å²) >= 11 is 5.96. The van der Waals surface area contributed by atoms with E-state index >= 15 is 0 Å². The molecule has 5 heteroatoms. The zero-order valence-electron chi connectivity index (χ0n) is 10.8. The molecule has 1 aromatic rings. The Kier molecular flexibility index (Phi) is 3.89. The fourth-order valence-corrected chi connectivity index (χ4v) is 5.20. The molecular weight excluding hydrogens is 282 g/mol. The molecule has 1 aromatic carbocycles. The zero-order valence-corrected chi connectivity index (χ0v) is 12.3. The van der Waals surface area contributed by atoms with Gasteiger partial charge in [-0.15, -0.1) is 0 Å². The minimum Gasteiger partial charge on any atom is -0.222 e. The molecule has 0 bridgehead atoms. The Labute approximate surface area is 119 Å². The van der Waals surface area contributed by atoms with E-state index in [0.717, 1.165) is 12.8 Å². The topological polar surface area (TPSA) is 57.9 Å². The van der Waals surface area contributed by atoms with Crippen molar-refractivity contribution >= 4 is 21.4 Å². The Balaban J connectivity index is 2.36. The second-order valence-electron chi connectivity index (χ2n) is 5.10. The summed E-state index contributed by atoms with van der Waals surface area (Å²) in [5.41, 5.74) is 0. The fourth-order valence-electron chi connectivity index (χ4n) is 2.73. The smallest absolute Gasteiger partial charge is 0.198 e. The lowest BCUT2D eigenvalue weighted by molar-refractivity contribution is 0.247. The maximum atomic E-state index is 12.6. The van der Waals surface area contributed by atoms with E-state index in [1.54, 1.807) is 18.2 Å². The standard InChI is InChI=1S/C14H16ClNO2S/c1-2-5-11-8-14(9-11,10-16)19(17,18)13-7-4-3-6-12(13)15/h3-4,6-7,11H,2,5,8-9H2,1H3. The molecule has 1 saturated carbocycles. The summed E-state index contributed by atoms with van der Waals surface area (Å²) in [6, 6.07) is 8.35. The maximum absolute atomic E-state index is 12.6. The Morgan fingerprint density at radius 1 is 1.42 bits per heavy atom. The molecule has 0 amide bonds. The van der Waals surface area contributed by atoms with Crippen LogP contribution in [0.4, 0.5) is 0 Å². The average molecular weight is 298 g/mol. The van der Waals surface area contributed by atoms with Gasteiger partial charge in [-0.2, -0.15) is 5.26 Å². The predicted octanol–water partition coefficient (Wildman–Crippen LogP) is 3.59. The first-order valence-corrected chi connectivity index (χ1v) is 8.23. The minimum absolute atomic E-state index is 0.0770. The quantitative estimate of drug-likeness (QED) is 0.853. The molecule has 3 nitrogen and oxygen atoms in total. The monoisotopic (exact) mass is 297 g/mol. The van der Waals surface area contributed by atoms with Crippen molar-refractivity contribution in [2.45, 2.75) is 42.2 Å². The van der Waals surface area contributed by atoms with Crippen LogP contribution in [0.15, 0.2) is 29.2 Å². The van der Waals surface area contributed by atoms with E-state index in [0.29, 0.717) is 18.8 Å². The number of rotatable bonds is 4. The summed E-state index contributed by atoms with van der Waals surface area (Å²) in [7, 11) is -3.69. The Morgan fingerprint density at radius 2 is 2.05 bits per heavy atom. The third-order valence-corrected chi connectivity index (χ3v) is 6.61. The van der Waals surface area contributed by atoms with Crippen LogP contribution in [0.1, 0.15) is 32.6 Å². The molecule has 0 atom stereocenters. The summed E-state index contributed by atoms with van der Waals surface area (Å²) in [6.07, 6.45) is 2.83. The zero-order chi connectivity index (χ0) is 14.1. The van der Waals surface area contributed by atoms with Gasteiger partial charge in [0, 0.05) is 0 Å². The number of benzene rings is 1. The van der Waals surface area contributed by atoms with Gasteiger partial charge in [0.1, 0.15) is 0 Å². The molecule has 2 rings (SSSR count). The van der Waals surface area contributed by atoms with Crippen LogP contribution >= 0.6 is 11.6 Å². The van der Waals surface area contributed by atoms with Gasteiger partial charge in [-0.3, -0.25) is 0 Å². The number of hydrogen-bond acceptors (Lipinski definition) is 3. The first kappa shape index (κ1) is 14.4. The Hall–Kier alpha value is -1.05. The van der Waals surface area contributed by atoms with E-state index in [4.69, 9.17) is 11.6 Å². The van der Waals surface area contributed by atoms with Crippen LogP contribution in [-0.2, 0) is 9.84 Å². The largest absolute Gasteiger partial charge is 0.222 e. The van der Waals surface area contributed by atoms with Gasteiger partial charge < -0.3 is 0 Å². The van der Waals surface area contributed by atoms with Crippen molar-refractivity contribution in [2.75, 3.05) is 0 Å². The molecule has 102 valence electrons. The van der Waals surface area contributed by atoms with Gasteiger partial charge in [0.15, 0.2) is 14.6 Å². The minimum atomic E-state index is -3.69. The molecule has 1 aliphatic rings. The molecule has 0 aliphatic heterocycles. The molecule has 0 heterocycles. The molecule has 0 aromatic heterocycles. The van der Waals surface area contributed by atoms with Crippen LogP contribution in [0.5, 0.6) is 0 Å². The van der Waals surface area contributed by atoms with Gasteiger partial charge in [-0.25, -0.2) is 8.42 Å². The lowest BCUT2D eigenvalue weighted by Crippen LogP contribution is -2.49. The molecule has 0 radical (unpaired) electrons. The van der Waals surface area contributed by atoms with Crippen molar-refractivity contribution in [3.8, 4) is 6.07 Å². The molecule has 0 saturated heterocycles. The van der Waals surface area contributed by atoms with E-state index in [1.165, 1.54) is 6.07 Å². The number of halogens is 1. The second-order valence-corrected chi connectivity index (χ2v) is 7.74. The van der Waals surface area contributed by atoms with Gasteiger partial charge in [-0.1, -0.05) is 43.5 Å². The lowest BCUT2D eigenvalue weighted by atomic mass is 9.73. The molecule has 0 N–H and O–H groups in total. The predicted molar refractivity (Wildman–Crippen MR) is 74.6 cm³/mol. The third kappa shape index (κ3) is 2.26. The van der Waals surface area contributed by atoms with Gasteiger partial charge in [-0.05, 0) is 30.9 Å². The normalized spacial score (nSPS) is 26.5. The number of hydrogen-bond donors (Lipinski definition) is 0. The molecule has 1 aliphatic carbocycles. The first-order chi connectivity index (χ1) is 8.97. The van der Waals surface area contributed by atoms with Crippen LogP contribution in [0.25, 0.3) is 0 Å². The van der Waals surface area contributed by atoms with E-state index in [1.807, 2.05) is 6.07 Å². The van der Waals surface area contributed by atoms with Crippen molar-refractivity contribution in [3.05, 3.63) is 29.3 Å². The highest BCUT2D eigenvalue weighted by Crippen LogP contribution is 2.48. The van der Waals surface area contributed by atoms with E-state index < -0.39 is 14.6 Å². The Morgan fingerprint density at radius 3 is 2.58 bits per heavy atom. The molecule has 19 heavy (non-hydrogen) atoms. The van der Waals surface area contributed by atoms with Gasteiger partial charge in [0.2, 0.25) is 0 Å². The van der Waals surface area contributed by atoms with Crippen molar-refractivity contribution < 1.29 is 8.42 Å². The SMILES string of the molecule is CCCC1CC(C#N)(S(=O)(=O)c2ccccc2Cl)C1. The van der Waals surface area contributed by atoms with Crippen molar-refractivity contribution in [1.29, 1.82) is 5.26 Å². The third-order valence-electron chi connectivity index (χ3n) is 3.78. The number of sulfone groups is 1. The average Bonchev–Trinajstić information content (AvgIpc) is 2.33. The fraction of sp³-hybridized carbons (Fsp3) is 0.500. The number of nitriles is 1. The first-order valence-electron chi connectivity index (χ1n) is 6.37. The van der Waals surface area contributed by atoms with Crippen LogP contribution in [0.2, 0.25) is 5.02 Å². The summed E-state index contributed by atoms with van der Waals surface area (Å²) < 4.78 is 24.0. The summed E-state index contributed by atoms with van der Waals surface area (Å²) in [5.74, 6) is 0.335. The summed E-state index contributed by atoms with van der Waals surface area (Å²) in [4.78, 5) is 0.0770. The number of nitrogens with zero attached hydrogens (tertiary/aromatic N) is 1. The van der Waals surface area contributed by atoms with Gasteiger partial charge in [0.25, 0.3) is 0 Å². The van der Waals surface area contributed by atoms with Crippen LogP contribution in [-0.4, -0.2) is 13.2 Å². The highest BCUT2D eigenvalue weighted by atomic mass is 35.5. The van der Waals surface area contributed by atoms with Gasteiger partial charge in [0.05, 0.1) is 16.0 Å². The lowest BCUT2D eigenvalue weighted by Gasteiger charge is -2.41. The maximum Gasteiger partial charge on any atom is 0.198 e. The molecule has 0 spiro atoms. The Bertz CT molecular complexity index is 613. The summed E-state index contributed by atoms with van der Waals surface area (Å²) in [5, 5.41) is 9.53. The highest BCUT2D eigenvalue weighted by Gasteiger charge is 2.55. The van der Waals surface area contributed by atoms with Gasteiger partial charge >= 0.3 is 0 Å². The van der Waals surface area contributed by atoms with E-state index in [2.05, 4.69) is 6.92 Å². The molecule has 0 unspecified atom stereocenters. The van der Waals surface area contributed by atoms with Crippen LogP contribution < -0.4 is 0 Å². The van der Waals surface area contributed by atoms with Crippen molar-refractivity contribution in [1.82, 2.24) is 0 Å². The van der Waals surface area contributed by atoms with Crippen molar-refractivity contribution in [3.63, 3.8) is 0 Å². The van der Waals surface area contributed by atoms with Crippen LogP contribution in [0, 0.1) is 17.2 Å². The highest BCUT2D eigenvalue weighted by molar-refractivity contribution is 7.93. The van der Waals surface area contributed by atoms with Crippen molar-refractivity contribution in [2.24, 2.45) is 5.92 Å². The van der Waals surface area contributed by atoms with E-state index in [9.17, 15) is 13.7 Å². The summed E-state index contributed by atoms with van der Waals surface area (Å²) in [6.45, 7) is 2.06. The van der Waals surface area contributed by atoms with E-state index in [-0.39, 0.29) is 9.92 Å². The second kappa shape index (κ2) is 5.15.